The first-order chi connectivity index (χ1) is 6.00. The van der Waals surface area contributed by atoms with Crippen molar-refractivity contribution in [2.75, 3.05) is 0 Å². The Morgan fingerprint density at radius 3 is 0.312 bits per heavy atom. The van der Waals surface area contributed by atoms with Crippen molar-refractivity contribution in [2.45, 2.75) is 0 Å². The van der Waals surface area contributed by atoms with Crippen molar-refractivity contribution in [3.05, 3.63) is 0 Å². The van der Waals surface area contributed by atoms with Gasteiger partial charge in [-0.3, -0.25) is 0 Å². The summed E-state index contributed by atoms with van der Waals surface area (Å²) in [7, 11) is -18.0. The Balaban J connectivity index is -0.0000000655. The van der Waals surface area contributed by atoms with Crippen molar-refractivity contribution in [3.8, 4) is 0 Å². The van der Waals surface area contributed by atoms with Crippen molar-refractivity contribution in [2.24, 2.45) is 0 Å². The van der Waals surface area contributed by atoms with E-state index >= 15 is 0 Å². The minimum Gasteiger partial charge on any atom is -0.418 e. The van der Waals surface area contributed by atoms with Gasteiger partial charge in [-0.25, -0.2) is 0 Å². The number of hydrogen-bond acceptors (Lipinski definition) is 0. The zero-order valence-corrected chi connectivity index (χ0v) is 7.73. The van der Waals surface area contributed by atoms with Crippen LogP contribution >= 0.6 is 0 Å². The summed E-state index contributed by atoms with van der Waals surface area (Å²) in [6.45, 7) is 0. The van der Waals surface area contributed by atoms with Crippen LogP contribution in [0.3, 0.4) is 0 Å². The molecule has 0 aliphatic rings. The first kappa shape index (κ1) is 24.9. The average Bonchev–Trinajstić information content (AvgIpc) is 1.41. The third-order valence-electron chi connectivity index (χ3n) is 0. The van der Waals surface area contributed by atoms with Crippen LogP contribution < -0.4 is 0 Å². The predicted molar refractivity (Wildman–Crippen MR) is 30.6 cm³/mol. The summed E-state index contributed by atoms with van der Waals surface area (Å²) < 4.78 is 117. The number of rotatable bonds is 0. The molecule has 0 radical (unpaired) electrons. The molecule has 0 bridgehead atoms. The molecule has 0 amide bonds. The molecule has 0 heterocycles. The van der Waals surface area contributed by atoms with Crippen LogP contribution in [-0.2, 0) is 17.1 Å². The standard InChI is InChI=1S/3BF4.Fe/c3*2-1(3,4)5;/q3*-1;. The van der Waals surface area contributed by atoms with Gasteiger partial charge in [0.15, 0.2) is 0 Å². The number of halogens is 12. The Morgan fingerprint density at radius 2 is 0.312 bits per heavy atom. The molecule has 104 valence electrons. The van der Waals surface area contributed by atoms with Gasteiger partial charge in [-0.2, -0.15) is 0 Å². The van der Waals surface area contributed by atoms with E-state index in [0.29, 0.717) is 0 Å². The summed E-state index contributed by atoms with van der Waals surface area (Å²) >= 11 is 0. The van der Waals surface area contributed by atoms with E-state index < -0.39 is 21.8 Å². The fourth-order valence-corrected chi connectivity index (χ4v) is 0. The van der Waals surface area contributed by atoms with Crippen molar-refractivity contribution in [1.82, 2.24) is 0 Å². The van der Waals surface area contributed by atoms with E-state index in [-0.39, 0.29) is 17.1 Å². The normalized spacial score (nSPS) is 11.2. The first-order valence-corrected chi connectivity index (χ1v) is 2.62. The third kappa shape index (κ3) is 146000. The third-order valence-corrected chi connectivity index (χ3v) is 0. The van der Waals surface area contributed by atoms with E-state index in [2.05, 4.69) is 0 Å². The summed E-state index contributed by atoms with van der Waals surface area (Å²) in [5.74, 6) is 0. The fraction of sp³-hybridized carbons (Fsp3) is 0. The van der Waals surface area contributed by atoms with Gasteiger partial charge in [0.25, 0.3) is 0 Å². The molecule has 0 unspecified atom stereocenters. The van der Waals surface area contributed by atoms with Crippen LogP contribution in [0.4, 0.5) is 51.8 Å². The summed E-state index contributed by atoms with van der Waals surface area (Å²) in [6.07, 6.45) is 0. The Kier molecular flexibility index (Phi) is 14.0. The van der Waals surface area contributed by atoms with E-state index in [1.165, 1.54) is 0 Å². The first-order valence-electron chi connectivity index (χ1n) is 2.62. The van der Waals surface area contributed by atoms with Crippen LogP contribution in [0.25, 0.3) is 0 Å². The molecule has 0 aromatic rings. The molecule has 0 aliphatic carbocycles. The van der Waals surface area contributed by atoms with Crippen LogP contribution in [0, 0.1) is 0 Å². The van der Waals surface area contributed by atoms with Gasteiger partial charge in [-0.15, -0.1) is 0 Å². The van der Waals surface area contributed by atoms with Crippen LogP contribution in [0.15, 0.2) is 0 Å². The zero-order valence-electron chi connectivity index (χ0n) is 6.62. The minimum absolute atomic E-state index is 0. The molecule has 0 saturated heterocycles. The maximum absolute atomic E-state index is 9.75. The van der Waals surface area contributed by atoms with Gasteiger partial charge < -0.3 is 51.8 Å². The topological polar surface area (TPSA) is 0 Å². The second-order valence-corrected chi connectivity index (χ2v) is 1.48. The van der Waals surface area contributed by atoms with Gasteiger partial charge in [0.2, 0.25) is 0 Å². The Hall–Kier alpha value is -0.126. The average molecular weight is 316 g/mol. The summed E-state index contributed by atoms with van der Waals surface area (Å²) in [4.78, 5) is 0. The molecule has 0 fully saturated rings. The zero-order chi connectivity index (χ0) is 13.5. The number of hydrogen-bond donors (Lipinski definition) is 0. The van der Waals surface area contributed by atoms with E-state index in [0.717, 1.165) is 0 Å². The predicted octanol–water partition coefficient (Wildman–Crippen LogP) is 3.90. The van der Waals surface area contributed by atoms with Crippen LogP contribution in [0.2, 0.25) is 0 Å². The van der Waals surface area contributed by atoms with Gasteiger partial charge in [-0.1, -0.05) is 0 Å². The minimum atomic E-state index is -6.00. The Labute approximate surface area is 91.5 Å². The molecule has 0 saturated carbocycles. The molecule has 16 heavy (non-hydrogen) atoms. The van der Waals surface area contributed by atoms with Crippen LogP contribution in [-0.4, -0.2) is 21.8 Å². The molecular formula is B3F12Fe-3. The van der Waals surface area contributed by atoms with Gasteiger partial charge >= 0.3 is 21.8 Å². The molecule has 0 nitrogen and oxygen atoms in total. The molecule has 0 aliphatic heterocycles. The van der Waals surface area contributed by atoms with Gasteiger partial charge in [0.1, 0.15) is 0 Å². The molecule has 0 aromatic carbocycles. The maximum Gasteiger partial charge on any atom is 0.673 e. The Bertz CT molecular complexity index is 91.3. The van der Waals surface area contributed by atoms with Gasteiger partial charge in [0, 0.05) is 17.1 Å². The summed E-state index contributed by atoms with van der Waals surface area (Å²) in [5, 5.41) is 0. The molecule has 0 N–H and O–H groups in total. The monoisotopic (exact) mass is 317 g/mol. The van der Waals surface area contributed by atoms with E-state index in [9.17, 15) is 51.8 Å². The van der Waals surface area contributed by atoms with E-state index in [1.807, 2.05) is 0 Å². The largest absolute Gasteiger partial charge is 0.673 e. The van der Waals surface area contributed by atoms with Crippen molar-refractivity contribution < 1.29 is 68.9 Å². The van der Waals surface area contributed by atoms with Gasteiger partial charge in [0.05, 0.1) is 0 Å². The summed E-state index contributed by atoms with van der Waals surface area (Å²) in [6, 6.07) is 0. The molecule has 16 heteroatoms. The Morgan fingerprint density at radius 1 is 0.312 bits per heavy atom. The van der Waals surface area contributed by atoms with Crippen molar-refractivity contribution >= 4 is 21.8 Å². The smallest absolute Gasteiger partial charge is 0.418 e. The van der Waals surface area contributed by atoms with Crippen LogP contribution in [0.1, 0.15) is 0 Å². The quantitative estimate of drug-likeness (QED) is 0.470. The molecule has 0 aromatic heterocycles. The molecular weight excluding hydrogens is 316 g/mol. The second-order valence-electron chi connectivity index (χ2n) is 1.48. The van der Waals surface area contributed by atoms with E-state index in [1.54, 1.807) is 0 Å². The molecule has 0 spiro atoms. The maximum atomic E-state index is 9.75. The van der Waals surface area contributed by atoms with Crippen LogP contribution in [0.5, 0.6) is 0 Å². The molecule has 0 rings (SSSR count). The van der Waals surface area contributed by atoms with Crippen molar-refractivity contribution in [3.63, 3.8) is 0 Å². The summed E-state index contributed by atoms with van der Waals surface area (Å²) in [5.41, 5.74) is 0. The van der Waals surface area contributed by atoms with Crippen molar-refractivity contribution in [1.29, 1.82) is 0 Å². The fourth-order valence-electron chi connectivity index (χ4n) is 0. The second kappa shape index (κ2) is 8.96. The molecule has 0 atom stereocenters. The van der Waals surface area contributed by atoms with E-state index in [4.69, 9.17) is 0 Å². The van der Waals surface area contributed by atoms with Gasteiger partial charge in [-0.05, 0) is 0 Å². The SMILES string of the molecule is F[B-](F)(F)F.F[B-](F)(F)F.F[B-](F)(F)F.[Fe].